The number of hydrogen-bond acceptors (Lipinski definition) is 8. The fraction of sp³-hybridized carbons (Fsp3) is 0.146. The van der Waals surface area contributed by atoms with Gasteiger partial charge < -0.3 is 42.1 Å². The molecule has 8 aromatic carbocycles. The number of benzene rings is 8. The summed E-state index contributed by atoms with van der Waals surface area (Å²) >= 11 is 0. The summed E-state index contributed by atoms with van der Waals surface area (Å²) in [4.78, 5) is 26.8. The molecule has 4 saturated carbocycles. The zero-order valence-corrected chi connectivity index (χ0v) is 58.3. The molecule has 2 aliphatic heterocycles. The average Bonchev–Trinajstić information content (AvgIpc) is 0.885. The first kappa shape index (κ1) is 78.7. The Bertz CT molecular complexity index is 2850. The van der Waals surface area contributed by atoms with E-state index in [1.807, 2.05) is 51.4 Å². The number of carboxylic acid groups (broad SMARTS) is 2. The van der Waals surface area contributed by atoms with Gasteiger partial charge in [-0.3, -0.25) is 9.98 Å². The molecule has 8 nitrogen and oxygen atoms in total. The maximum Gasteiger partial charge on any atom is 0.158 e. The Morgan fingerprint density at radius 2 is 0.532 bits per heavy atom. The predicted molar refractivity (Wildman–Crippen MR) is 357 cm³/mol. The average molecular weight is 1510 g/mol. The van der Waals surface area contributed by atoms with Gasteiger partial charge in [0.25, 0.3) is 0 Å². The molecule has 8 aromatic rings. The maximum atomic E-state index is 8.89. The van der Waals surface area contributed by atoms with Gasteiger partial charge in [-0.05, 0) is 70.2 Å². The molecule has 0 amide bonds. The summed E-state index contributed by atoms with van der Waals surface area (Å²) < 4.78 is 11.0. The molecule has 2 atom stereocenters. The molecule has 12 heteroatoms. The van der Waals surface area contributed by atoms with E-state index in [4.69, 9.17) is 29.3 Å². The standard InChI is InChI=1S/2C28H20.2C11H14NO.2C2H4O2.2Co.2Pd/c2*1-5-13-21(14-6-1)25-26(22-15-7-2-8-16-22)28(24-19-11-4-12-20-24)27(25)23-17-9-3-10-18-23;2*1-8(2)10-7-13-11(12-10)9-5-3-4-6-9;2*1-2(3)4;;;;/h2*1-20H;2*3-6,8,10H,7H2,1-2H3;2*1H3,(H,3,4);;;;/q;;2*-1;;;;;;/p-2/t;;2*10-;;;;;;/m..00....../s1. The molecule has 0 aromatic heterocycles. The third-order valence-electron chi connectivity index (χ3n) is 15.2. The quantitative estimate of drug-likeness (QED) is 0.0886. The molecule has 0 saturated heterocycles. The minimum absolute atomic E-state index is 0. The second kappa shape index (κ2) is 40.5. The van der Waals surface area contributed by atoms with Crippen LogP contribution in [-0.4, -0.2) is 49.0 Å². The van der Waals surface area contributed by atoms with Crippen LogP contribution in [0, 0.1) is 122 Å². The largest absolute Gasteiger partial charge is 0.550 e. The van der Waals surface area contributed by atoms with Gasteiger partial charge in [-0.2, -0.15) is 12.8 Å². The molecule has 4 aliphatic carbocycles. The number of nitrogens with zero attached hydrogens (tertiary/aromatic N) is 2. The van der Waals surface area contributed by atoms with E-state index in [0.717, 1.165) is 50.7 Å². The molecular weight excluding hydrogens is 1440 g/mol. The van der Waals surface area contributed by atoms with Crippen LogP contribution >= 0.6 is 0 Å². The van der Waals surface area contributed by atoms with Crippen molar-refractivity contribution in [3.63, 3.8) is 0 Å². The second-order valence-electron chi connectivity index (χ2n) is 22.4. The van der Waals surface area contributed by atoms with Gasteiger partial charge in [-0.1, -0.05) is 308 Å². The Morgan fingerprint density at radius 3 is 0.660 bits per heavy atom. The Kier molecular flexibility index (Phi) is 33.9. The Balaban J connectivity index is 0.000000226. The molecule has 2 heterocycles. The van der Waals surface area contributed by atoms with Crippen LogP contribution in [0.1, 0.15) is 86.1 Å². The van der Waals surface area contributed by atoms with Crippen LogP contribution in [0.5, 0.6) is 0 Å². The fourth-order valence-corrected chi connectivity index (χ4v) is 10.8. The molecule has 0 N–H and O–H groups in total. The van der Waals surface area contributed by atoms with Gasteiger partial charge in [0.05, 0.1) is 12.1 Å². The van der Waals surface area contributed by atoms with Crippen LogP contribution in [0.25, 0.3) is 0 Å². The number of aliphatic imine (C=N–C) groups is 2. The third-order valence-corrected chi connectivity index (χ3v) is 15.2. The minimum Gasteiger partial charge on any atom is -0.550 e. The van der Waals surface area contributed by atoms with Gasteiger partial charge >= 0.3 is 0 Å². The summed E-state index contributed by atoms with van der Waals surface area (Å²) in [7, 11) is 0. The van der Waals surface area contributed by atoms with E-state index in [1.165, 1.54) is 91.9 Å². The maximum absolute atomic E-state index is 8.89. The summed E-state index contributed by atoms with van der Waals surface area (Å²) in [6, 6.07) is 86.6. The topological polar surface area (TPSA) is 123 Å². The molecule has 0 bridgehead atoms. The fourth-order valence-electron chi connectivity index (χ4n) is 10.8. The van der Waals surface area contributed by atoms with Crippen LogP contribution in [0.3, 0.4) is 0 Å². The predicted octanol–water partition coefficient (Wildman–Crippen LogP) is 14.2. The summed E-state index contributed by atoms with van der Waals surface area (Å²) in [5.41, 5.74) is 10.1. The summed E-state index contributed by atoms with van der Waals surface area (Å²) in [5.74, 6) is 13.4. The molecule has 14 rings (SSSR count). The van der Waals surface area contributed by atoms with E-state index in [-0.39, 0.29) is 74.4 Å². The molecule has 18 radical (unpaired) electrons. The van der Waals surface area contributed by atoms with Crippen molar-refractivity contribution in [1.29, 1.82) is 0 Å². The first-order valence-electron chi connectivity index (χ1n) is 30.5. The Hall–Kier alpha value is -6.02. The van der Waals surface area contributed by atoms with Crippen molar-refractivity contribution in [2.24, 2.45) is 21.8 Å². The van der Waals surface area contributed by atoms with Gasteiger partial charge in [-0.15, -0.1) is 0 Å². The van der Waals surface area contributed by atoms with Crippen LogP contribution in [0.2, 0.25) is 0 Å². The van der Waals surface area contributed by atoms with Crippen molar-refractivity contribution in [2.45, 2.75) is 53.6 Å². The zero-order valence-electron chi connectivity index (χ0n) is 53.1. The van der Waals surface area contributed by atoms with Gasteiger partial charge in [0.15, 0.2) is 11.8 Å². The molecule has 0 unspecified atom stereocenters. The molecule has 0 spiro atoms. The van der Waals surface area contributed by atoms with E-state index in [1.54, 1.807) is 0 Å². The van der Waals surface area contributed by atoms with Crippen LogP contribution in [0.4, 0.5) is 0 Å². The van der Waals surface area contributed by atoms with E-state index in [9.17, 15) is 0 Å². The Morgan fingerprint density at radius 1 is 0.362 bits per heavy atom. The molecule has 4 fully saturated rings. The van der Waals surface area contributed by atoms with Crippen molar-refractivity contribution < 1.29 is 104 Å². The second-order valence-corrected chi connectivity index (χ2v) is 22.4. The monoisotopic (exact) mass is 1510 g/mol. The summed E-state index contributed by atoms with van der Waals surface area (Å²) in [6.07, 6.45) is 16.1. The molecule has 6 aliphatic rings. The summed E-state index contributed by atoms with van der Waals surface area (Å²) in [6.45, 7) is 12.1. The van der Waals surface area contributed by atoms with Gasteiger partial charge in [0.1, 0.15) is 13.2 Å². The van der Waals surface area contributed by atoms with Crippen molar-refractivity contribution in [3.05, 3.63) is 398 Å². The van der Waals surface area contributed by atoms with Crippen molar-refractivity contribution in [1.82, 2.24) is 0 Å². The number of aliphatic carboxylic acids is 2. The van der Waals surface area contributed by atoms with Gasteiger partial charge in [-0.25, -0.2) is 0 Å². The number of ether oxygens (including phenoxy) is 2. The minimum atomic E-state index is -1.08. The van der Waals surface area contributed by atoms with Gasteiger partial charge in [0.2, 0.25) is 0 Å². The number of carbonyl (C=O) groups excluding carboxylic acids is 2. The molecular formula is C82H74Co2N2O6Pd2-4. The number of carboxylic acids is 2. The van der Waals surface area contributed by atoms with Crippen molar-refractivity contribution in [3.8, 4) is 0 Å². The van der Waals surface area contributed by atoms with Crippen LogP contribution < -0.4 is 10.2 Å². The van der Waals surface area contributed by atoms with E-state index < -0.39 is 11.9 Å². The van der Waals surface area contributed by atoms with E-state index in [2.05, 4.69) is 280 Å². The number of hydrogen-bond donors (Lipinski definition) is 0. The SMILES string of the molecule is CC(=O)[O-].CC(=O)[O-].CC(C)[C@@H]1COC([C]2[CH][CH][CH][CH-]2)=N1.CC(C)[C@@H]1COC([C]2[CH][CH][CH][CH-]2)=N1.[Co].[Co].[Pd].[Pd].c1ccc([C]2[C](c3ccccc3)[C](c3ccccc3)[C]2c2ccccc2)cc1.c1ccc([C]2[C](c3ccccc3)[C](c3ccccc3)[C]2c2ccccc2)cc1. The molecule has 490 valence electrons. The van der Waals surface area contributed by atoms with E-state index >= 15 is 0 Å². The third kappa shape index (κ3) is 21.5. The first-order valence-corrected chi connectivity index (χ1v) is 30.5. The zero-order chi connectivity index (χ0) is 63.2. The first-order chi connectivity index (χ1) is 43.9. The van der Waals surface area contributed by atoms with Crippen molar-refractivity contribution in [2.75, 3.05) is 13.2 Å². The van der Waals surface area contributed by atoms with Crippen molar-refractivity contribution >= 4 is 23.7 Å². The number of carbonyl (C=O) groups is 2. The van der Waals surface area contributed by atoms with E-state index in [0.29, 0.717) is 23.9 Å². The smallest absolute Gasteiger partial charge is 0.158 e. The van der Waals surface area contributed by atoms with Gasteiger partial charge in [0, 0.05) is 134 Å². The Labute approximate surface area is 608 Å². The van der Waals surface area contributed by atoms with Crippen LogP contribution in [-0.2, 0) is 93.5 Å². The molecule has 94 heavy (non-hydrogen) atoms. The summed E-state index contributed by atoms with van der Waals surface area (Å²) in [5, 5.41) is 17.8. The normalized spacial score (nSPS) is 18.2. The van der Waals surface area contributed by atoms with Crippen LogP contribution in [0.15, 0.2) is 253 Å². The number of rotatable bonds is 12.